The Labute approximate surface area is 114 Å². The van der Waals surface area contributed by atoms with Crippen molar-refractivity contribution in [3.05, 3.63) is 36.1 Å². The summed E-state index contributed by atoms with van der Waals surface area (Å²) in [6.07, 6.45) is 2.54. The maximum absolute atomic E-state index is 5.99. The fourth-order valence-corrected chi connectivity index (χ4v) is 2.98. The van der Waals surface area contributed by atoms with Crippen molar-refractivity contribution in [3.63, 3.8) is 0 Å². The van der Waals surface area contributed by atoms with Gasteiger partial charge in [0, 0.05) is 18.0 Å². The van der Waals surface area contributed by atoms with Gasteiger partial charge < -0.3 is 9.73 Å². The Morgan fingerprint density at radius 2 is 2.21 bits per heavy atom. The van der Waals surface area contributed by atoms with Crippen LogP contribution >= 0.6 is 0 Å². The third kappa shape index (κ3) is 2.53. The Balaban J connectivity index is 1.80. The second-order valence-corrected chi connectivity index (χ2v) is 5.49. The highest BCUT2D eigenvalue weighted by molar-refractivity contribution is 5.77. The summed E-state index contributed by atoms with van der Waals surface area (Å²) in [6.45, 7) is 4.51. The van der Waals surface area contributed by atoms with E-state index in [1.165, 1.54) is 18.2 Å². The molecule has 0 radical (unpaired) electrons. The third-order valence-corrected chi connectivity index (χ3v) is 4.27. The van der Waals surface area contributed by atoms with Crippen LogP contribution in [0.3, 0.4) is 0 Å². The van der Waals surface area contributed by atoms with Gasteiger partial charge in [0.15, 0.2) is 0 Å². The molecule has 3 nitrogen and oxygen atoms in total. The molecule has 19 heavy (non-hydrogen) atoms. The van der Waals surface area contributed by atoms with E-state index in [0.717, 1.165) is 24.4 Å². The summed E-state index contributed by atoms with van der Waals surface area (Å²) in [5, 5.41) is 4.60. The van der Waals surface area contributed by atoms with Crippen molar-refractivity contribution >= 4 is 11.0 Å². The van der Waals surface area contributed by atoms with E-state index in [0.29, 0.717) is 12.1 Å². The highest BCUT2D eigenvalue weighted by Crippen LogP contribution is 2.29. The highest BCUT2D eigenvalue weighted by atomic mass is 16.3. The lowest BCUT2D eigenvalue weighted by Crippen LogP contribution is -2.45. The number of likely N-dealkylation sites (N-methyl/N-ethyl adjacent to an activating group) is 1. The molecule has 2 unspecified atom stereocenters. The topological polar surface area (TPSA) is 28.4 Å². The van der Waals surface area contributed by atoms with Gasteiger partial charge in [-0.05, 0) is 45.5 Å². The summed E-state index contributed by atoms with van der Waals surface area (Å²) in [5.41, 5.74) is 0.992. The third-order valence-electron chi connectivity index (χ3n) is 4.27. The number of hydrogen-bond donors (Lipinski definition) is 1. The Hall–Kier alpha value is -1.32. The number of benzene rings is 1. The van der Waals surface area contributed by atoms with Crippen LogP contribution in [0, 0.1) is 0 Å². The number of nitrogens with one attached hydrogen (secondary N) is 1. The lowest BCUT2D eigenvalue weighted by atomic mass is 10.0. The van der Waals surface area contributed by atoms with E-state index in [2.05, 4.69) is 42.4 Å². The van der Waals surface area contributed by atoms with Crippen LogP contribution in [-0.4, -0.2) is 31.1 Å². The highest BCUT2D eigenvalue weighted by Gasteiger charge is 2.25. The SMILES string of the molecule is CNC1CCCN(C(C)c2cc3ccccc3o2)C1. The van der Waals surface area contributed by atoms with Gasteiger partial charge >= 0.3 is 0 Å². The van der Waals surface area contributed by atoms with Crippen LogP contribution in [0.25, 0.3) is 11.0 Å². The fourth-order valence-electron chi connectivity index (χ4n) is 2.98. The number of furan rings is 1. The molecule has 0 aliphatic carbocycles. The number of nitrogens with zero attached hydrogens (tertiary/aromatic N) is 1. The van der Waals surface area contributed by atoms with Crippen molar-refractivity contribution in [3.8, 4) is 0 Å². The lowest BCUT2D eigenvalue weighted by Gasteiger charge is -2.35. The Morgan fingerprint density at radius 3 is 3.00 bits per heavy atom. The Bertz CT molecular complexity index is 515. The van der Waals surface area contributed by atoms with Gasteiger partial charge in [-0.25, -0.2) is 0 Å². The molecule has 0 saturated carbocycles. The average molecular weight is 258 g/mol. The molecule has 0 bridgehead atoms. The molecule has 1 N–H and O–H groups in total. The minimum absolute atomic E-state index is 0.351. The molecular weight excluding hydrogens is 236 g/mol. The largest absolute Gasteiger partial charge is 0.459 e. The first-order valence-electron chi connectivity index (χ1n) is 7.17. The van der Waals surface area contributed by atoms with Crippen LogP contribution in [0.5, 0.6) is 0 Å². The molecule has 1 saturated heterocycles. The van der Waals surface area contributed by atoms with Gasteiger partial charge in [-0.3, -0.25) is 4.90 Å². The van der Waals surface area contributed by atoms with Crippen LogP contribution in [0.4, 0.5) is 0 Å². The molecule has 0 amide bonds. The predicted molar refractivity (Wildman–Crippen MR) is 78.3 cm³/mol. The maximum atomic E-state index is 5.99. The van der Waals surface area contributed by atoms with Crippen LogP contribution in [0.2, 0.25) is 0 Å². The van der Waals surface area contributed by atoms with E-state index in [1.54, 1.807) is 0 Å². The number of rotatable bonds is 3. The quantitative estimate of drug-likeness (QED) is 0.916. The summed E-state index contributed by atoms with van der Waals surface area (Å²) >= 11 is 0. The normalized spacial score (nSPS) is 22.7. The zero-order valence-electron chi connectivity index (χ0n) is 11.7. The molecule has 1 aliphatic rings. The molecule has 3 rings (SSSR count). The van der Waals surface area contributed by atoms with Crippen molar-refractivity contribution in [2.24, 2.45) is 0 Å². The monoisotopic (exact) mass is 258 g/mol. The van der Waals surface area contributed by atoms with Crippen LogP contribution in [-0.2, 0) is 0 Å². The average Bonchev–Trinajstić information content (AvgIpc) is 2.90. The lowest BCUT2D eigenvalue weighted by molar-refractivity contribution is 0.136. The second-order valence-electron chi connectivity index (χ2n) is 5.49. The van der Waals surface area contributed by atoms with E-state index in [-0.39, 0.29) is 0 Å². The van der Waals surface area contributed by atoms with Crippen molar-refractivity contribution < 1.29 is 4.42 Å². The molecule has 1 aliphatic heterocycles. The smallest absolute Gasteiger partial charge is 0.134 e. The van der Waals surface area contributed by atoms with Crippen LogP contribution < -0.4 is 5.32 Å². The summed E-state index contributed by atoms with van der Waals surface area (Å²) in [4.78, 5) is 2.52. The fraction of sp³-hybridized carbons (Fsp3) is 0.500. The van der Waals surface area contributed by atoms with E-state index >= 15 is 0 Å². The first kappa shape index (κ1) is 12.7. The second kappa shape index (κ2) is 5.35. The summed E-state index contributed by atoms with van der Waals surface area (Å²) in [7, 11) is 2.06. The first-order chi connectivity index (χ1) is 9.28. The summed E-state index contributed by atoms with van der Waals surface area (Å²) in [5.74, 6) is 1.08. The van der Waals surface area contributed by atoms with Gasteiger partial charge in [0.25, 0.3) is 0 Å². The zero-order valence-corrected chi connectivity index (χ0v) is 11.7. The van der Waals surface area contributed by atoms with E-state index in [1.807, 2.05) is 12.1 Å². The Morgan fingerprint density at radius 1 is 1.37 bits per heavy atom. The number of hydrogen-bond acceptors (Lipinski definition) is 3. The number of likely N-dealkylation sites (tertiary alicyclic amines) is 1. The molecule has 1 aromatic heterocycles. The molecular formula is C16H22N2O. The van der Waals surface area contributed by atoms with E-state index < -0.39 is 0 Å². The van der Waals surface area contributed by atoms with Gasteiger partial charge in [0.05, 0.1) is 6.04 Å². The Kier molecular flexibility index (Phi) is 3.58. The van der Waals surface area contributed by atoms with Gasteiger partial charge in [-0.1, -0.05) is 18.2 Å². The van der Waals surface area contributed by atoms with Crippen molar-refractivity contribution in [2.45, 2.75) is 31.8 Å². The standard InChI is InChI=1S/C16H22N2O/c1-12(18-9-5-7-14(11-18)17-2)16-10-13-6-3-4-8-15(13)19-16/h3-4,6,8,10,12,14,17H,5,7,9,11H2,1-2H3. The molecule has 2 atom stereocenters. The molecule has 102 valence electrons. The molecule has 2 heterocycles. The number of piperidine rings is 1. The van der Waals surface area contributed by atoms with Crippen molar-refractivity contribution in [1.29, 1.82) is 0 Å². The molecule has 3 heteroatoms. The minimum atomic E-state index is 0.351. The van der Waals surface area contributed by atoms with E-state index in [9.17, 15) is 0 Å². The van der Waals surface area contributed by atoms with Gasteiger partial charge in [0.1, 0.15) is 11.3 Å². The van der Waals surface area contributed by atoms with Crippen molar-refractivity contribution in [1.82, 2.24) is 10.2 Å². The number of para-hydroxylation sites is 1. The minimum Gasteiger partial charge on any atom is -0.459 e. The van der Waals surface area contributed by atoms with Crippen LogP contribution in [0.1, 0.15) is 31.6 Å². The predicted octanol–water partition coefficient (Wildman–Crippen LogP) is 3.18. The van der Waals surface area contributed by atoms with Crippen LogP contribution in [0.15, 0.2) is 34.7 Å². The summed E-state index contributed by atoms with van der Waals surface area (Å²) < 4.78 is 5.99. The zero-order chi connectivity index (χ0) is 13.2. The van der Waals surface area contributed by atoms with E-state index in [4.69, 9.17) is 4.42 Å². The number of fused-ring (bicyclic) bond motifs is 1. The first-order valence-corrected chi connectivity index (χ1v) is 7.17. The molecule has 2 aromatic rings. The molecule has 1 fully saturated rings. The van der Waals surface area contributed by atoms with Gasteiger partial charge in [-0.2, -0.15) is 0 Å². The molecule has 1 aromatic carbocycles. The van der Waals surface area contributed by atoms with Gasteiger partial charge in [0.2, 0.25) is 0 Å². The van der Waals surface area contributed by atoms with Gasteiger partial charge in [-0.15, -0.1) is 0 Å². The summed E-state index contributed by atoms with van der Waals surface area (Å²) in [6, 6.07) is 11.4. The molecule has 0 spiro atoms. The van der Waals surface area contributed by atoms with Crippen molar-refractivity contribution in [2.75, 3.05) is 20.1 Å². The maximum Gasteiger partial charge on any atom is 0.134 e.